The highest BCUT2D eigenvalue weighted by atomic mass is 31.2. The fourth-order valence-corrected chi connectivity index (χ4v) is 7.54. The fraction of sp³-hybridized carbons (Fsp3) is 0.907. The Morgan fingerprint density at radius 2 is 0.677 bits per heavy atom. The van der Waals surface area contributed by atoms with Crippen molar-refractivity contribution in [3.05, 3.63) is 0 Å². The van der Waals surface area contributed by atoms with Crippen molar-refractivity contribution in [3.8, 4) is 0 Å². The number of phosphoric ester groups is 2. The molecular formula is C43H82O17P2. The van der Waals surface area contributed by atoms with Crippen LogP contribution >= 0.6 is 15.6 Å². The van der Waals surface area contributed by atoms with E-state index in [0.717, 1.165) is 70.6 Å². The van der Waals surface area contributed by atoms with Gasteiger partial charge < -0.3 is 33.8 Å². The number of hydrogen-bond donors (Lipinski definition) is 3. The molecule has 0 saturated carbocycles. The summed E-state index contributed by atoms with van der Waals surface area (Å²) in [5.74, 6) is -2.25. The number of carbonyl (C=O) groups excluding carboxylic acids is 4. The maximum atomic E-state index is 12.6. The van der Waals surface area contributed by atoms with Gasteiger partial charge in [0.1, 0.15) is 19.3 Å². The van der Waals surface area contributed by atoms with Crippen LogP contribution in [0.15, 0.2) is 0 Å². The van der Waals surface area contributed by atoms with Crippen LogP contribution in [-0.2, 0) is 65.4 Å². The van der Waals surface area contributed by atoms with Crippen LogP contribution in [-0.4, -0.2) is 96.7 Å². The Kier molecular flexibility index (Phi) is 38.2. The molecule has 0 heterocycles. The maximum Gasteiger partial charge on any atom is 0.472 e. The van der Waals surface area contributed by atoms with Crippen LogP contribution in [0.2, 0.25) is 0 Å². The summed E-state index contributed by atoms with van der Waals surface area (Å²) in [6, 6.07) is 0. The van der Waals surface area contributed by atoms with Gasteiger partial charge in [0.15, 0.2) is 12.2 Å². The van der Waals surface area contributed by atoms with Crippen LogP contribution in [0.25, 0.3) is 0 Å². The molecule has 17 nitrogen and oxygen atoms in total. The zero-order chi connectivity index (χ0) is 46.3. The number of esters is 4. The van der Waals surface area contributed by atoms with E-state index < -0.39 is 97.5 Å². The van der Waals surface area contributed by atoms with Crippen molar-refractivity contribution in [2.24, 2.45) is 0 Å². The topological polar surface area (TPSA) is 237 Å². The summed E-state index contributed by atoms with van der Waals surface area (Å²) in [6.07, 6.45) is 18.4. The van der Waals surface area contributed by atoms with E-state index in [9.17, 15) is 43.2 Å². The van der Waals surface area contributed by atoms with Crippen LogP contribution in [0.3, 0.4) is 0 Å². The standard InChI is InChI=1S/C43H82O17P2/c1-5-9-12-14-16-17-18-19-20-21-23-26-30-43(48)60-38(33-53-40(45)27-8-4)35-57-61(49,50)55-31-37(44)32-56-62(51,52)58-36-39(59-42(47)29-24-11-7-3)34-54-41(46)28-25-22-15-13-10-6-2/h37-39,44H,5-36H2,1-4H3,(H,49,50)(H,51,52)/t37-,38-,39-/m1/s1. The van der Waals surface area contributed by atoms with Gasteiger partial charge in [0.2, 0.25) is 0 Å². The van der Waals surface area contributed by atoms with E-state index in [4.69, 9.17) is 37.0 Å². The Hall–Kier alpha value is -1.94. The summed E-state index contributed by atoms with van der Waals surface area (Å²) in [5, 5.41) is 10.3. The van der Waals surface area contributed by atoms with Gasteiger partial charge in [0.25, 0.3) is 0 Å². The third kappa shape index (κ3) is 38.5. The molecule has 0 aromatic carbocycles. The van der Waals surface area contributed by atoms with Gasteiger partial charge in [-0.1, -0.05) is 143 Å². The van der Waals surface area contributed by atoms with Crippen molar-refractivity contribution in [2.75, 3.05) is 39.6 Å². The molecule has 0 radical (unpaired) electrons. The Balaban J connectivity index is 4.89. The second-order valence-corrected chi connectivity index (χ2v) is 18.6. The minimum absolute atomic E-state index is 0.0890. The number of carbonyl (C=O) groups is 4. The zero-order valence-electron chi connectivity index (χ0n) is 38.3. The molecule has 0 bridgehead atoms. The smallest absolute Gasteiger partial charge is 0.462 e. The molecule has 2 unspecified atom stereocenters. The maximum absolute atomic E-state index is 12.6. The molecule has 0 rings (SSSR count). The van der Waals surface area contributed by atoms with E-state index in [1.807, 2.05) is 6.92 Å². The fourth-order valence-electron chi connectivity index (χ4n) is 5.96. The molecule has 0 spiro atoms. The number of ether oxygens (including phenoxy) is 4. The predicted molar refractivity (Wildman–Crippen MR) is 234 cm³/mol. The van der Waals surface area contributed by atoms with Gasteiger partial charge in [-0.2, -0.15) is 0 Å². The van der Waals surface area contributed by atoms with Crippen LogP contribution in [0, 0.1) is 0 Å². The zero-order valence-corrected chi connectivity index (χ0v) is 40.1. The lowest BCUT2D eigenvalue weighted by molar-refractivity contribution is -0.161. The molecule has 0 aromatic heterocycles. The number of unbranched alkanes of at least 4 members (excludes halogenated alkanes) is 18. The largest absolute Gasteiger partial charge is 0.472 e. The molecule has 0 aliphatic carbocycles. The summed E-state index contributed by atoms with van der Waals surface area (Å²) in [4.78, 5) is 69.7. The van der Waals surface area contributed by atoms with Crippen LogP contribution in [0.4, 0.5) is 0 Å². The summed E-state index contributed by atoms with van der Waals surface area (Å²) < 4.78 is 65.9. The van der Waals surface area contributed by atoms with E-state index >= 15 is 0 Å². The van der Waals surface area contributed by atoms with Crippen LogP contribution in [0.5, 0.6) is 0 Å². The minimum atomic E-state index is -4.90. The van der Waals surface area contributed by atoms with Crippen LogP contribution in [0.1, 0.15) is 195 Å². The second kappa shape index (κ2) is 39.4. The molecule has 0 fully saturated rings. The number of aliphatic hydroxyl groups excluding tert-OH is 1. The first kappa shape index (κ1) is 60.1. The highest BCUT2D eigenvalue weighted by Gasteiger charge is 2.30. The molecule has 0 aliphatic rings. The number of hydrogen-bond acceptors (Lipinski definition) is 15. The number of rotatable bonds is 44. The SMILES string of the molecule is CCCCCCCCCCCCCCC(=O)O[C@H](COC(=O)CCC)COP(=O)(O)OC[C@@H](O)COP(=O)(O)OC[C@@H](COC(=O)CCCCCCCC)OC(=O)CCCCC. The van der Waals surface area contributed by atoms with E-state index in [0.29, 0.717) is 25.7 Å². The van der Waals surface area contributed by atoms with Crippen molar-refractivity contribution >= 4 is 39.5 Å². The third-order valence-corrected chi connectivity index (χ3v) is 11.5. The first-order chi connectivity index (χ1) is 29.7. The summed E-state index contributed by atoms with van der Waals surface area (Å²) >= 11 is 0. The van der Waals surface area contributed by atoms with Crippen LogP contribution < -0.4 is 0 Å². The lowest BCUT2D eigenvalue weighted by Crippen LogP contribution is -2.30. The normalized spacial score (nSPS) is 14.9. The first-order valence-electron chi connectivity index (χ1n) is 23.3. The van der Waals surface area contributed by atoms with E-state index in [1.54, 1.807) is 6.92 Å². The first-order valence-corrected chi connectivity index (χ1v) is 26.3. The van der Waals surface area contributed by atoms with E-state index in [1.165, 1.54) is 44.9 Å². The summed E-state index contributed by atoms with van der Waals surface area (Å²) in [7, 11) is -9.79. The Bertz CT molecular complexity index is 1250. The predicted octanol–water partition coefficient (Wildman–Crippen LogP) is 9.75. The molecule has 5 atom stereocenters. The van der Waals surface area contributed by atoms with Crippen molar-refractivity contribution in [3.63, 3.8) is 0 Å². The Labute approximate surface area is 371 Å². The molecule has 3 N–H and O–H groups in total. The molecule has 19 heteroatoms. The van der Waals surface area contributed by atoms with Gasteiger partial charge in [-0.25, -0.2) is 9.13 Å². The monoisotopic (exact) mass is 933 g/mol. The molecule has 0 aromatic rings. The summed E-state index contributed by atoms with van der Waals surface area (Å²) in [6.45, 7) is 4.09. The second-order valence-electron chi connectivity index (χ2n) is 15.7. The average molecular weight is 933 g/mol. The molecule has 0 saturated heterocycles. The van der Waals surface area contributed by atoms with Gasteiger partial charge in [-0.3, -0.25) is 37.3 Å². The van der Waals surface area contributed by atoms with Gasteiger partial charge >= 0.3 is 39.5 Å². The highest BCUT2D eigenvalue weighted by Crippen LogP contribution is 2.45. The van der Waals surface area contributed by atoms with Gasteiger partial charge in [0, 0.05) is 25.7 Å². The lowest BCUT2D eigenvalue weighted by Gasteiger charge is -2.21. The molecule has 62 heavy (non-hydrogen) atoms. The molecule has 0 aliphatic heterocycles. The highest BCUT2D eigenvalue weighted by molar-refractivity contribution is 7.47. The number of phosphoric acid groups is 2. The molecule has 366 valence electrons. The Morgan fingerprint density at radius 1 is 0.387 bits per heavy atom. The van der Waals surface area contributed by atoms with Crippen molar-refractivity contribution in [1.29, 1.82) is 0 Å². The lowest BCUT2D eigenvalue weighted by atomic mass is 10.0. The van der Waals surface area contributed by atoms with Crippen molar-refractivity contribution in [1.82, 2.24) is 0 Å². The summed E-state index contributed by atoms with van der Waals surface area (Å²) in [5.41, 5.74) is 0. The van der Waals surface area contributed by atoms with Gasteiger partial charge in [0.05, 0.1) is 26.4 Å². The van der Waals surface area contributed by atoms with Gasteiger partial charge in [-0.05, 0) is 25.7 Å². The van der Waals surface area contributed by atoms with Gasteiger partial charge in [-0.15, -0.1) is 0 Å². The van der Waals surface area contributed by atoms with E-state index in [2.05, 4.69) is 13.8 Å². The number of aliphatic hydroxyl groups is 1. The van der Waals surface area contributed by atoms with E-state index in [-0.39, 0.29) is 25.7 Å². The van der Waals surface area contributed by atoms with Crippen molar-refractivity contribution < 1.29 is 80.2 Å². The molecular weight excluding hydrogens is 850 g/mol. The minimum Gasteiger partial charge on any atom is -0.462 e. The quantitative estimate of drug-likeness (QED) is 0.0223. The van der Waals surface area contributed by atoms with Crippen molar-refractivity contribution in [2.45, 2.75) is 213 Å². The third-order valence-electron chi connectivity index (χ3n) is 9.57. The Morgan fingerprint density at radius 3 is 1.05 bits per heavy atom. The molecule has 0 amide bonds. The average Bonchev–Trinajstić information content (AvgIpc) is 3.23.